The minimum absolute atomic E-state index is 0.155. The van der Waals surface area contributed by atoms with Gasteiger partial charge in [-0.15, -0.1) is 0 Å². The van der Waals surface area contributed by atoms with E-state index in [1.165, 1.54) is 22.9 Å². The molecule has 7 heteroatoms. The first-order chi connectivity index (χ1) is 15.8. The molecule has 33 heavy (non-hydrogen) atoms. The first-order valence-electron chi connectivity index (χ1n) is 11.9. The van der Waals surface area contributed by atoms with Crippen LogP contribution in [-0.2, 0) is 0 Å². The van der Waals surface area contributed by atoms with E-state index in [0.29, 0.717) is 24.2 Å². The third kappa shape index (κ3) is 6.74. The molecule has 0 spiro atoms. The molecule has 7 nitrogen and oxygen atoms in total. The lowest BCUT2D eigenvalue weighted by Gasteiger charge is -2.44. The Morgan fingerprint density at radius 1 is 1.15 bits per heavy atom. The van der Waals surface area contributed by atoms with Gasteiger partial charge in [0.25, 0.3) is 5.91 Å². The molecular weight excluding hydrogens is 414 g/mol. The van der Waals surface area contributed by atoms with Crippen molar-refractivity contribution in [2.45, 2.75) is 46.6 Å². The monoisotopic (exact) mass is 453 g/mol. The molecule has 1 aromatic heterocycles. The summed E-state index contributed by atoms with van der Waals surface area (Å²) in [4.78, 5) is 25.2. The summed E-state index contributed by atoms with van der Waals surface area (Å²) < 4.78 is 6.07. The van der Waals surface area contributed by atoms with Crippen LogP contribution in [0.3, 0.4) is 0 Å². The molecule has 0 radical (unpaired) electrons. The van der Waals surface area contributed by atoms with Crippen LogP contribution in [-0.4, -0.2) is 72.6 Å². The highest BCUT2D eigenvalue weighted by Crippen LogP contribution is 2.34. The van der Waals surface area contributed by atoms with Crippen LogP contribution in [0.1, 0.15) is 58.7 Å². The molecule has 1 unspecified atom stereocenters. The summed E-state index contributed by atoms with van der Waals surface area (Å²) in [6.07, 6.45) is 5.36. The van der Waals surface area contributed by atoms with E-state index in [1.54, 1.807) is 6.20 Å². The van der Waals surface area contributed by atoms with E-state index in [0.717, 1.165) is 50.5 Å². The average Bonchev–Trinajstić information content (AvgIpc) is 2.75. The summed E-state index contributed by atoms with van der Waals surface area (Å²) in [6, 6.07) is 4.68. The molecule has 1 saturated heterocycles. The first kappa shape index (κ1) is 25.1. The fourth-order valence-corrected chi connectivity index (χ4v) is 4.23. The number of hydrogen-bond donors (Lipinski definition) is 1. The lowest BCUT2D eigenvalue weighted by molar-refractivity contribution is 0.0568. The zero-order chi connectivity index (χ0) is 24.0. The number of benzene rings is 1. The molecule has 0 saturated carbocycles. The van der Waals surface area contributed by atoms with E-state index in [9.17, 15) is 4.79 Å². The molecule has 1 aliphatic rings. The topological polar surface area (TPSA) is 70.6 Å². The normalized spacial score (nSPS) is 15.4. The summed E-state index contributed by atoms with van der Waals surface area (Å²) in [5, 5.41) is 2.99. The van der Waals surface area contributed by atoms with Gasteiger partial charge in [0.2, 0.25) is 0 Å². The number of likely N-dealkylation sites (tertiary alicyclic amines) is 1. The van der Waals surface area contributed by atoms with Crippen molar-refractivity contribution in [2.75, 3.05) is 46.9 Å². The van der Waals surface area contributed by atoms with Crippen LogP contribution in [0.2, 0.25) is 0 Å². The summed E-state index contributed by atoms with van der Waals surface area (Å²) in [5.74, 6) is 1.30. The van der Waals surface area contributed by atoms with Gasteiger partial charge in [0.15, 0.2) is 0 Å². The van der Waals surface area contributed by atoms with E-state index >= 15 is 0 Å². The van der Waals surface area contributed by atoms with E-state index in [-0.39, 0.29) is 5.91 Å². The second-order valence-electron chi connectivity index (χ2n) is 9.51. The van der Waals surface area contributed by atoms with Crippen LogP contribution >= 0.6 is 0 Å². The van der Waals surface area contributed by atoms with Crippen LogP contribution in [0.25, 0.3) is 0 Å². The Morgan fingerprint density at radius 3 is 2.58 bits per heavy atom. The third-order valence-electron chi connectivity index (χ3n) is 6.58. The molecule has 1 aromatic carbocycles. The molecule has 1 N–H and O–H groups in total. The van der Waals surface area contributed by atoms with Crippen molar-refractivity contribution in [3.8, 4) is 5.75 Å². The zero-order valence-electron chi connectivity index (χ0n) is 21.0. The van der Waals surface area contributed by atoms with Gasteiger partial charge in [-0.3, -0.25) is 14.7 Å². The number of carbonyl (C=O) groups excluding carboxylic acids is 1. The molecule has 3 rings (SSSR count). The SMILES string of the molecule is Cc1cnc(C(=O)NCC2CN(C(C)c3ccc(OCCCCN(C)C)c(C)c3C)C2)cn1. The van der Waals surface area contributed by atoms with Gasteiger partial charge in [0.05, 0.1) is 18.5 Å². The predicted octanol–water partition coefficient (Wildman–Crippen LogP) is 3.55. The number of rotatable bonds is 11. The van der Waals surface area contributed by atoms with Crippen molar-refractivity contribution in [1.82, 2.24) is 25.1 Å². The van der Waals surface area contributed by atoms with Crippen LogP contribution in [0.4, 0.5) is 0 Å². The largest absolute Gasteiger partial charge is 0.493 e. The fourth-order valence-electron chi connectivity index (χ4n) is 4.23. The summed E-state index contributed by atoms with van der Waals surface area (Å²) in [7, 11) is 4.20. The molecular formula is C26H39N5O2. The quantitative estimate of drug-likeness (QED) is 0.525. The number of aromatic nitrogens is 2. The van der Waals surface area contributed by atoms with Gasteiger partial charge in [-0.05, 0) is 83.9 Å². The van der Waals surface area contributed by atoms with Gasteiger partial charge in [0.1, 0.15) is 11.4 Å². The molecule has 0 aliphatic carbocycles. The van der Waals surface area contributed by atoms with Crippen LogP contribution in [0.15, 0.2) is 24.5 Å². The Bertz CT molecular complexity index is 923. The minimum atomic E-state index is -0.155. The number of ether oxygens (including phenoxy) is 1. The fraction of sp³-hybridized carbons (Fsp3) is 0.577. The van der Waals surface area contributed by atoms with Gasteiger partial charge in [-0.2, -0.15) is 0 Å². The Kier molecular flexibility index (Phi) is 8.80. The molecule has 180 valence electrons. The maximum absolute atomic E-state index is 12.3. The van der Waals surface area contributed by atoms with Crippen LogP contribution in [0, 0.1) is 26.7 Å². The lowest BCUT2D eigenvalue weighted by Crippen LogP contribution is -2.52. The number of amides is 1. The van der Waals surface area contributed by atoms with Gasteiger partial charge in [-0.25, -0.2) is 4.98 Å². The second-order valence-corrected chi connectivity index (χ2v) is 9.51. The van der Waals surface area contributed by atoms with Crippen LogP contribution in [0.5, 0.6) is 5.75 Å². The van der Waals surface area contributed by atoms with Crippen LogP contribution < -0.4 is 10.1 Å². The number of unbranched alkanes of at least 4 members (excludes halogenated alkanes) is 1. The number of carbonyl (C=O) groups is 1. The maximum Gasteiger partial charge on any atom is 0.271 e. The Hall–Kier alpha value is -2.51. The molecule has 2 heterocycles. The standard InChI is InChI=1S/C26H39N5O2/c1-18-13-28-24(15-27-18)26(32)29-14-22-16-31(17-22)21(4)23-9-10-25(20(3)19(23)2)33-12-8-7-11-30(5)6/h9-10,13,15,21-22H,7-8,11-12,14,16-17H2,1-6H3,(H,29,32). The van der Waals surface area contributed by atoms with E-state index < -0.39 is 0 Å². The highest BCUT2D eigenvalue weighted by Gasteiger charge is 2.32. The number of nitrogens with one attached hydrogen (secondary N) is 1. The molecule has 2 aromatic rings. The van der Waals surface area contributed by atoms with Crippen molar-refractivity contribution < 1.29 is 9.53 Å². The minimum Gasteiger partial charge on any atom is -0.493 e. The molecule has 1 amide bonds. The highest BCUT2D eigenvalue weighted by molar-refractivity contribution is 5.91. The number of nitrogens with zero attached hydrogens (tertiary/aromatic N) is 4. The second kappa shape index (κ2) is 11.6. The Labute approximate surface area is 198 Å². The molecule has 1 aliphatic heterocycles. The van der Waals surface area contributed by atoms with Crippen molar-refractivity contribution in [2.24, 2.45) is 5.92 Å². The van der Waals surface area contributed by atoms with E-state index in [4.69, 9.17) is 4.74 Å². The van der Waals surface area contributed by atoms with Crippen molar-refractivity contribution in [3.63, 3.8) is 0 Å². The smallest absolute Gasteiger partial charge is 0.271 e. The predicted molar refractivity (Wildman–Crippen MR) is 132 cm³/mol. The first-order valence-corrected chi connectivity index (χ1v) is 11.9. The Morgan fingerprint density at radius 2 is 1.91 bits per heavy atom. The lowest BCUT2D eigenvalue weighted by atomic mass is 9.91. The summed E-state index contributed by atoms with van der Waals surface area (Å²) in [5.41, 5.74) is 5.07. The van der Waals surface area contributed by atoms with Gasteiger partial charge in [-0.1, -0.05) is 6.07 Å². The molecule has 1 fully saturated rings. The average molecular weight is 454 g/mol. The number of aryl methyl sites for hydroxylation is 1. The van der Waals surface area contributed by atoms with Crippen molar-refractivity contribution in [3.05, 3.63) is 52.6 Å². The van der Waals surface area contributed by atoms with Crippen molar-refractivity contribution in [1.29, 1.82) is 0 Å². The van der Waals surface area contributed by atoms with Gasteiger partial charge >= 0.3 is 0 Å². The summed E-state index contributed by atoms with van der Waals surface area (Å²) in [6.45, 7) is 12.9. The third-order valence-corrected chi connectivity index (χ3v) is 6.58. The molecule has 0 bridgehead atoms. The Balaban J connectivity index is 1.45. The van der Waals surface area contributed by atoms with E-state index in [1.807, 2.05) is 6.92 Å². The van der Waals surface area contributed by atoms with Crippen molar-refractivity contribution >= 4 is 5.91 Å². The maximum atomic E-state index is 12.3. The highest BCUT2D eigenvalue weighted by atomic mass is 16.5. The van der Waals surface area contributed by atoms with Gasteiger partial charge < -0.3 is 15.0 Å². The molecule has 1 atom stereocenters. The zero-order valence-corrected chi connectivity index (χ0v) is 21.0. The van der Waals surface area contributed by atoms with E-state index in [2.05, 4.69) is 72.1 Å². The van der Waals surface area contributed by atoms with Gasteiger partial charge in [0, 0.05) is 37.8 Å². The summed E-state index contributed by atoms with van der Waals surface area (Å²) >= 11 is 0. The number of hydrogen-bond acceptors (Lipinski definition) is 6.